The number of morpholine rings is 1. The molecule has 1 aliphatic heterocycles. The third-order valence-electron chi connectivity index (χ3n) is 2.54. The first-order valence-corrected chi connectivity index (χ1v) is 5.05. The molecule has 0 atom stereocenters. The highest BCUT2D eigenvalue weighted by Crippen LogP contribution is 2.21. The number of hydrogen-bond donors (Lipinski definition) is 1. The summed E-state index contributed by atoms with van der Waals surface area (Å²) in [6.07, 6.45) is 0.879. The van der Waals surface area contributed by atoms with Crippen molar-refractivity contribution in [2.24, 2.45) is 5.41 Å². The van der Waals surface area contributed by atoms with E-state index in [-0.39, 0.29) is 12.0 Å². The van der Waals surface area contributed by atoms with Gasteiger partial charge in [0.15, 0.2) is 0 Å². The van der Waals surface area contributed by atoms with Gasteiger partial charge in [-0.3, -0.25) is 4.90 Å². The number of aliphatic hydroxyl groups excluding tert-OH is 1. The molecule has 78 valence electrons. The molecule has 0 amide bonds. The Morgan fingerprint density at radius 1 is 1.31 bits per heavy atom. The van der Waals surface area contributed by atoms with Crippen LogP contribution in [0.3, 0.4) is 0 Å². The fraction of sp³-hybridized carbons (Fsp3) is 1.00. The largest absolute Gasteiger partial charge is 0.396 e. The topological polar surface area (TPSA) is 32.7 Å². The summed E-state index contributed by atoms with van der Waals surface area (Å²) in [7, 11) is 0. The van der Waals surface area contributed by atoms with E-state index in [0.29, 0.717) is 0 Å². The molecule has 0 aromatic heterocycles. The van der Waals surface area contributed by atoms with E-state index in [0.717, 1.165) is 39.3 Å². The summed E-state index contributed by atoms with van der Waals surface area (Å²) in [5, 5.41) is 8.89. The summed E-state index contributed by atoms with van der Waals surface area (Å²) >= 11 is 0. The molecular formula is C10H21NO2. The first kappa shape index (κ1) is 11.0. The van der Waals surface area contributed by atoms with Crippen LogP contribution in [0.2, 0.25) is 0 Å². The molecule has 0 aliphatic carbocycles. The predicted molar refractivity (Wildman–Crippen MR) is 52.7 cm³/mol. The minimum atomic E-state index is 0.228. The Morgan fingerprint density at radius 3 is 2.46 bits per heavy atom. The van der Waals surface area contributed by atoms with E-state index in [9.17, 15) is 0 Å². The molecule has 1 heterocycles. The van der Waals surface area contributed by atoms with E-state index in [1.165, 1.54) is 0 Å². The fourth-order valence-electron chi connectivity index (χ4n) is 1.75. The summed E-state index contributed by atoms with van der Waals surface area (Å²) in [6.45, 7) is 9.56. The number of ether oxygens (including phenoxy) is 1. The van der Waals surface area contributed by atoms with Crippen molar-refractivity contribution in [2.45, 2.75) is 20.3 Å². The minimum absolute atomic E-state index is 0.228. The highest BCUT2D eigenvalue weighted by molar-refractivity contribution is 4.74. The molecule has 3 heteroatoms. The predicted octanol–water partition coefficient (Wildman–Crippen LogP) is 0.727. The maximum atomic E-state index is 8.89. The lowest BCUT2D eigenvalue weighted by molar-refractivity contribution is 0.0176. The van der Waals surface area contributed by atoms with Crippen molar-refractivity contribution in [3.8, 4) is 0 Å². The molecule has 0 spiro atoms. The van der Waals surface area contributed by atoms with Gasteiger partial charge in [0.2, 0.25) is 0 Å². The van der Waals surface area contributed by atoms with Crippen molar-refractivity contribution >= 4 is 0 Å². The van der Waals surface area contributed by atoms with Crippen LogP contribution >= 0.6 is 0 Å². The van der Waals surface area contributed by atoms with Crippen molar-refractivity contribution < 1.29 is 9.84 Å². The summed E-state index contributed by atoms with van der Waals surface area (Å²) < 4.78 is 5.28. The second kappa shape index (κ2) is 4.94. The number of hydrogen-bond acceptors (Lipinski definition) is 3. The lowest BCUT2D eigenvalue weighted by Gasteiger charge is -2.34. The van der Waals surface area contributed by atoms with Gasteiger partial charge >= 0.3 is 0 Å². The zero-order chi connectivity index (χ0) is 9.73. The van der Waals surface area contributed by atoms with Crippen LogP contribution < -0.4 is 0 Å². The number of rotatable bonds is 4. The summed E-state index contributed by atoms with van der Waals surface area (Å²) in [5.74, 6) is 0. The second-order valence-electron chi connectivity index (χ2n) is 4.53. The van der Waals surface area contributed by atoms with E-state index in [2.05, 4.69) is 18.7 Å². The third-order valence-corrected chi connectivity index (χ3v) is 2.54. The molecule has 13 heavy (non-hydrogen) atoms. The molecule has 0 radical (unpaired) electrons. The smallest absolute Gasteiger partial charge is 0.0594 e. The van der Waals surface area contributed by atoms with Crippen LogP contribution in [-0.4, -0.2) is 49.5 Å². The van der Waals surface area contributed by atoms with Gasteiger partial charge in [0.25, 0.3) is 0 Å². The third kappa shape index (κ3) is 4.07. The zero-order valence-corrected chi connectivity index (χ0v) is 8.75. The number of nitrogens with zero attached hydrogens (tertiary/aromatic N) is 1. The van der Waals surface area contributed by atoms with Gasteiger partial charge in [0.05, 0.1) is 13.2 Å². The maximum Gasteiger partial charge on any atom is 0.0594 e. The molecule has 0 aromatic rings. The molecule has 0 unspecified atom stereocenters. The van der Waals surface area contributed by atoms with Crippen molar-refractivity contribution in [1.29, 1.82) is 0 Å². The first-order valence-electron chi connectivity index (χ1n) is 5.05. The van der Waals surface area contributed by atoms with Crippen LogP contribution in [0.1, 0.15) is 20.3 Å². The lowest BCUT2D eigenvalue weighted by Crippen LogP contribution is -2.42. The van der Waals surface area contributed by atoms with E-state index >= 15 is 0 Å². The van der Waals surface area contributed by atoms with Gasteiger partial charge in [-0.2, -0.15) is 0 Å². The molecule has 1 saturated heterocycles. The van der Waals surface area contributed by atoms with Gasteiger partial charge in [-0.15, -0.1) is 0 Å². The Bertz CT molecular complexity index is 142. The van der Waals surface area contributed by atoms with E-state index < -0.39 is 0 Å². The fourth-order valence-corrected chi connectivity index (χ4v) is 1.75. The summed E-state index contributed by atoms with van der Waals surface area (Å²) in [5.41, 5.74) is 0.228. The molecular weight excluding hydrogens is 166 g/mol. The molecule has 1 N–H and O–H groups in total. The van der Waals surface area contributed by atoms with Gasteiger partial charge in [0, 0.05) is 26.2 Å². The van der Waals surface area contributed by atoms with Gasteiger partial charge in [-0.05, 0) is 11.8 Å². The molecule has 0 saturated carbocycles. The van der Waals surface area contributed by atoms with Crippen LogP contribution in [0, 0.1) is 5.41 Å². The highest BCUT2D eigenvalue weighted by Gasteiger charge is 2.22. The maximum absolute atomic E-state index is 8.89. The Morgan fingerprint density at radius 2 is 1.92 bits per heavy atom. The van der Waals surface area contributed by atoms with Gasteiger partial charge < -0.3 is 9.84 Å². The van der Waals surface area contributed by atoms with Crippen molar-refractivity contribution in [3.63, 3.8) is 0 Å². The van der Waals surface area contributed by atoms with E-state index in [4.69, 9.17) is 9.84 Å². The molecule has 1 aliphatic rings. The van der Waals surface area contributed by atoms with Crippen LogP contribution in [0.4, 0.5) is 0 Å². The summed E-state index contributed by atoms with van der Waals surface area (Å²) in [6, 6.07) is 0. The van der Waals surface area contributed by atoms with E-state index in [1.807, 2.05) is 0 Å². The normalized spacial score (nSPS) is 20.5. The standard InChI is InChI=1S/C10H21NO2/c1-10(2,3-6-12)9-11-4-7-13-8-5-11/h12H,3-9H2,1-2H3. The Labute approximate surface area is 80.7 Å². The van der Waals surface area contributed by atoms with Crippen LogP contribution in [0.15, 0.2) is 0 Å². The minimum Gasteiger partial charge on any atom is -0.396 e. The zero-order valence-electron chi connectivity index (χ0n) is 8.75. The van der Waals surface area contributed by atoms with Crippen molar-refractivity contribution in [3.05, 3.63) is 0 Å². The van der Waals surface area contributed by atoms with Gasteiger partial charge in [-0.1, -0.05) is 13.8 Å². The SMILES string of the molecule is CC(C)(CCO)CN1CCOCC1. The Hall–Kier alpha value is -0.120. The van der Waals surface area contributed by atoms with Crippen LogP contribution in [0.25, 0.3) is 0 Å². The summed E-state index contributed by atoms with van der Waals surface area (Å²) in [4.78, 5) is 2.42. The van der Waals surface area contributed by atoms with Crippen molar-refractivity contribution in [1.82, 2.24) is 4.90 Å². The first-order chi connectivity index (χ1) is 6.14. The quantitative estimate of drug-likeness (QED) is 0.704. The average Bonchev–Trinajstić information content (AvgIpc) is 2.04. The average molecular weight is 187 g/mol. The van der Waals surface area contributed by atoms with Crippen LogP contribution in [0.5, 0.6) is 0 Å². The monoisotopic (exact) mass is 187 g/mol. The molecule has 1 fully saturated rings. The van der Waals surface area contributed by atoms with Crippen molar-refractivity contribution in [2.75, 3.05) is 39.5 Å². The molecule has 0 aromatic carbocycles. The highest BCUT2D eigenvalue weighted by atomic mass is 16.5. The van der Waals surface area contributed by atoms with E-state index in [1.54, 1.807) is 0 Å². The second-order valence-corrected chi connectivity index (χ2v) is 4.53. The van der Waals surface area contributed by atoms with Crippen LogP contribution in [-0.2, 0) is 4.74 Å². The van der Waals surface area contributed by atoms with Gasteiger partial charge in [0.1, 0.15) is 0 Å². The number of aliphatic hydroxyl groups is 1. The molecule has 3 nitrogen and oxygen atoms in total. The van der Waals surface area contributed by atoms with Gasteiger partial charge in [-0.25, -0.2) is 0 Å². The molecule has 0 bridgehead atoms. The Kier molecular flexibility index (Phi) is 4.16. The Balaban J connectivity index is 2.28. The lowest BCUT2D eigenvalue weighted by atomic mass is 9.89. The molecule has 1 rings (SSSR count).